The van der Waals surface area contributed by atoms with Crippen molar-refractivity contribution >= 4 is 61.6 Å². The van der Waals surface area contributed by atoms with Crippen LogP contribution in [0.3, 0.4) is 0 Å². The molecule has 0 aromatic carbocycles. The van der Waals surface area contributed by atoms with E-state index >= 15 is 0 Å². The van der Waals surface area contributed by atoms with E-state index in [0.29, 0.717) is 39.2 Å². The molecule has 2 fully saturated rings. The van der Waals surface area contributed by atoms with E-state index in [1.807, 2.05) is 13.0 Å². The molecule has 8 nitrogen and oxygen atoms in total. The van der Waals surface area contributed by atoms with Gasteiger partial charge in [0.15, 0.2) is 9.84 Å². The Bertz CT molecular complexity index is 1370. The number of sulfone groups is 1. The van der Waals surface area contributed by atoms with Crippen molar-refractivity contribution in [2.45, 2.75) is 64.8 Å². The van der Waals surface area contributed by atoms with Crippen molar-refractivity contribution in [3.63, 3.8) is 0 Å². The summed E-state index contributed by atoms with van der Waals surface area (Å²) in [4.78, 5) is 33.2. The molecule has 0 saturated carbocycles. The van der Waals surface area contributed by atoms with Crippen LogP contribution in [-0.2, 0) is 14.6 Å². The van der Waals surface area contributed by atoms with Crippen LogP contribution in [0.2, 0.25) is 0 Å². The van der Waals surface area contributed by atoms with E-state index in [-0.39, 0.29) is 23.0 Å². The van der Waals surface area contributed by atoms with E-state index in [4.69, 9.17) is 17.2 Å². The molecule has 11 heteroatoms. The molecule has 4 heterocycles. The summed E-state index contributed by atoms with van der Waals surface area (Å²) in [6.07, 6.45) is 10.5. The molecule has 2 aromatic rings. The second-order valence-corrected chi connectivity index (χ2v) is 13.3. The molecular formula is C25H32N4O4S3. The molecule has 2 aliphatic heterocycles. The molecule has 4 rings (SSSR count). The Kier molecular flexibility index (Phi) is 8.52. The number of anilines is 1. The molecule has 0 aliphatic carbocycles. The lowest BCUT2D eigenvalue weighted by atomic mass is 10.1. The Labute approximate surface area is 221 Å². The molecule has 2 aliphatic rings. The number of thioether (sulfide) groups is 1. The highest BCUT2D eigenvalue weighted by molar-refractivity contribution is 8.26. The van der Waals surface area contributed by atoms with Crippen LogP contribution in [0.5, 0.6) is 0 Å². The highest BCUT2D eigenvalue weighted by Crippen LogP contribution is 2.36. The number of carbonyl (C=O) groups is 1. The monoisotopic (exact) mass is 548 g/mol. The predicted molar refractivity (Wildman–Crippen MR) is 150 cm³/mol. The second kappa shape index (κ2) is 11.4. The molecule has 0 spiro atoms. The maximum absolute atomic E-state index is 13.5. The van der Waals surface area contributed by atoms with Gasteiger partial charge in [0.1, 0.15) is 15.8 Å². The zero-order chi connectivity index (χ0) is 25.9. The molecule has 194 valence electrons. The molecule has 0 radical (unpaired) electrons. The van der Waals surface area contributed by atoms with Gasteiger partial charge in [0.2, 0.25) is 0 Å². The largest absolute Gasteiger partial charge is 0.369 e. The molecular weight excluding hydrogens is 517 g/mol. The molecule has 1 amide bonds. The minimum Gasteiger partial charge on any atom is -0.369 e. The molecule has 0 unspecified atom stereocenters. The second-order valence-electron chi connectivity index (χ2n) is 9.37. The lowest BCUT2D eigenvalue weighted by Gasteiger charge is -2.20. The van der Waals surface area contributed by atoms with Crippen LogP contribution in [0, 0.1) is 6.92 Å². The SMILES string of the molecule is CCCCCCCCNc1nc2c(C)cccn2c(=O)c1/C=C1\SC(=S)N([C@@H]2CCS(=O)(=O)C2)C1=O. The highest BCUT2D eigenvalue weighted by atomic mass is 32.2. The van der Waals surface area contributed by atoms with Crippen molar-refractivity contribution in [2.24, 2.45) is 0 Å². The topological polar surface area (TPSA) is 101 Å². The Morgan fingerprint density at radius 1 is 1.22 bits per heavy atom. The standard InChI is InChI=1S/C25H32N4O4S3/c1-3-4-5-6-7-8-12-26-21-19(23(30)28-13-9-10-17(2)22(28)27-21)15-20-24(31)29(25(34)35-20)18-11-14-36(32,33)16-18/h9-10,13,15,18,26H,3-8,11-12,14,16H2,1-2H3/b20-15-/t18-/m1/s1. The number of carbonyl (C=O) groups excluding carboxylic acids is 1. The van der Waals surface area contributed by atoms with Crippen molar-refractivity contribution < 1.29 is 13.2 Å². The zero-order valence-corrected chi connectivity index (χ0v) is 23.1. The van der Waals surface area contributed by atoms with Gasteiger partial charge in [0.25, 0.3) is 11.5 Å². The number of thiocarbonyl (C=S) groups is 1. The first-order valence-electron chi connectivity index (χ1n) is 12.4. The first-order chi connectivity index (χ1) is 17.2. The Morgan fingerprint density at radius 2 is 1.97 bits per heavy atom. The molecule has 1 N–H and O–H groups in total. The summed E-state index contributed by atoms with van der Waals surface area (Å²) in [5, 5.41) is 3.33. The minimum absolute atomic E-state index is 0.0512. The number of rotatable bonds is 10. The van der Waals surface area contributed by atoms with Crippen LogP contribution >= 0.6 is 24.0 Å². The summed E-state index contributed by atoms with van der Waals surface area (Å²) >= 11 is 6.53. The fourth-order valence-corrected chi connectivity index (χ4v) is 7.68. The van der Waals surface area contributed by atoms with Gasteiger partial charge in [-0.05, 0) is 37.5 Å². The fraction of sp³-hybridized carbons (Fsp3) is 0.520. The van der Waals surface area contributed by atoms with E-state index in [2.05, 4.69) is 12.2 Å². The van der Waals surface area contributed by atoms with Crippen LogP contribution in [0.4, 0.5) is 5.82 Å². The van der Waals surface area contributed by atoms with E-state index < -0.39 is 15.9 Å². The summed E-state index contributed by atoms with van der Waals surface area (Å²) in [5.41, 5.74) is 1.46. The molecule has 2 aromatic heterocycles. The van der Waals surface area contributed by atoms with Crippen LogP contribution < -0.4 is 10.9 Å². The first-order valence-corrected chi connectivity index (χ1v) is 15.5. The molecule has 0 bridgehead atoms. The van der Waals surface area contributed by atoms with E-state index in [9.17, 15) is 18.0 Å². The van der Waals surface area contributed by atoms with Crippen molar-refractivity contribution in [3.05, 3.63) is 44.7 Å². The number of pyridine rings is 1. The van der Waals surface area contributed by atoms with E-state index in [0.717, 1.165) is 30.2 Å². The average Bonchev–Trinajstić information content (AvgIpc) is 3.32. The number of amides is 1. The van der Waals surface area contributed by atoms with Crippen molar-refractivity contribution in [1.82, 2.24) is 14.3 Å². The van der Waals surface area contributed by atoms with Gasteiger partial charge in [-0.1, -0.05) is 69.1 Å². The smallest absolute Gasteiger partial charge is 0.267 e. The zero-order valence-electron chi connectivity index (χ0n) is 20.7. The summed E-state index contributed by atoms with van der Waals surface area (Å²) in [6, 6.07) is 3.23. The van der Waals surface area contributed by atoms with E-state index in [1.165, 1.54) is 35.0 Å². The van der Waals surface area contributed by atoms with Gasteiger partial charge in [0, 0.05) is 12.7 Å². The van der Waals surface area contributed by atoms with Crippen LogP contribution in [0.1, 0.15) is 63.0 Å². The molecule has 2 saturated heterocycles. The summed E-state index contributed by atoms with van der Waals surface area (Å²) in [6.45, 7) is 4.76. The Hall–Kier alpha value is -2.24. The van der Waals surface area contributed by atoms with Crippen LogP contribution in [-0.4, -0.2) is 57.0 Å². The molecule has 36 heavy (non-hydrogen) atoms. The van der Waals surface area contributed by atoms with Gasteiger partial charge in [-0.15, -0.1) is 0 Å². The lowest BCUT2D eigenvalue weighted by molar-refractivity contribution is -0.123. The molecule has 1 atom stereocenters. The lowest BCUT2D eigenvalue weighted by Crippen LogP contribution is -2.39. The van der Waals surface area contributed by atoms with Crippen molar-refractivity contribution in [1.29, 1.82) is 0 Å². The van der Waals surface area contributed by atoms with Crippen molar-refractivity contribution in [2.75, 3.05) is 23.4 Å². The number of unbranched alkanes of at least 4 members (excludes halogenated alkanes) is 5. The van der Waals surface area contributed by atoms with Gasteiger partial charge in [-0.2, -0.15) is 0 Å². The van der Waals surface area contributed by atoms with Gasteiger partial charge < -0.3 is 5.32 Å². The number of aromatic nitrogens is 2. The number of nitrogens with zero attached hydrogens (tertiary/aromatic N) is 3. The van der Waals surface area contributed by atoms with Crippen LogP contribution in [0.15, 0.2) is 28.0 Å². The van der Waals surface area contributed by atoms with Crippen LogP contribution in [0.25, 0.3) is 11.7 Å². The third-order valence-electron chi connectivity index (χ3n) is 6.58. The van der Waals surface area contributed by atoms with Gasteiger partial charge in [0.05, 0.1) is 28.0 Å². The maximum Gasteiger partial charge on any atom is 0.267 e. The quantitative estimate of drug-likeness (QED) is 0.268. The Balaban J connectivity index is 1.62. The van der Waals surface area contributed by atoms with Gasteiger partial charge in [-0.25, -0.2) is 13.4 Å². The predicted octanol–water partition coefficient (Wildman–Crippen LogP) is 4.16. The number of aryl methyl sites for hydroxylation is 1. The summed E-state index contributed by atoms with van der Waals surface area (Å²) < 4.78 is 25.7. The average molecular weight is 549 g/mol. The number of nitrogens with one attached hydrogen (secondary N) is 1. The first kappa shape index (κ1) is 26.8. The number of fused-ring (bicyclic) bond motifs is 1. The number of hydrogen-bond acceptors (Lipinski definition) is 8. The minimum atomic E-state index is -3.17. The fourth-order valence-electron chi connectivity index (χ4n) is 4.59. The van der Waals surface area contributed by atoms with Crippen molar-refractivity contribution in [3.8, 4) is 0 Å². The Morgan fingerprint density at radius 3 is 2.69 bits per heavy atom. The third kappa shape index (κ3) is 5.84. The maximum atomic E-state index is 13.5. The third-order valence-corrected chi connectivity index (χ3v) is 9.66. The van der Waals surface area contributed by atoms with E-state index in [1.54, 1.807) is 18.3 Å². The van der Waals surface area contributed by atoms with Gasteiger partial charge >= 0.3 is 0 Å². The summed E-state index contributed by atoms with van der Waals surface area (Å²) in [7, 11) is -3.17. The summed E-state index contributed by atoms with van der Waals surface area (Å²) in [5.74, 6) is 0.0478. The normalized spacial score (nSPS) is 20.7. The number of hydrogen-bond donors (Lipinski definition) is 1. The highest BCUT2D eigenvalue weighted by Gasteiger charge is 2.42. The van der Waals surface area contributed by atoms with Gasteiger partial charge in [-0.3, -0.25) is 18.9 Å².